The Morgan fingerprint density at radius 1 is 0.912 bits per heavy atom. The summed E-state index contributed by atoms with van der Waals surface area (Å²) in [5.41, 5.74) is 5.24. The molecule has 0 saturated heterocycles. The fourth-order valence-electron chi connectivity index (χ4n) is 4.42. The molecule has 0 atom stereocenters. The largest absolute Gasteiger partial charge is 0.454 e. The van der Waals surface area contributed by atoms with Crippen molar-refractivity contribution in [3.63, 3.8) is 0 Å². The van der Waals surface area contributed by atoms with Crippen molar-refractivity contribution in [2.75, 3.05) is 0 Å². The maximum atomic E-state index is 12.6. The first-order valence-electron chi connectivity index (χ1n) is 11.1. The highest BCUT2D eigenvalue weighted by atomic mass is 16.5. The minimum Gasteiger partial charge on any atom is -0.454 e. The van der Waals surface area contributed by atoms with E-state index in [0.717, 1.165) is 33.3 Å². The van der Waals surface area contributed by atoms with Gasteiger partial charge in [-0.15, -0.1) is 0 Å². The molecule has 0 unspecified atom stereocenters. The summed E-state index contributed by atoms with van der Waals surface area (Å²) in [4.78, 5) is 20.5. The van der Waals surface area contributed by atoms with E-state index in [4.69, 9.17) is 9.72 Å². The molecule has 0 aliphatic carbocycles. The van der Waals surface area contributed by atoms with Crippen molar-refractivity contribution < 1.29 is 4.74 Å². The number of aryl methyl sites for hydroxylation is 1. The molecule has 0 radical (unpaired) electrons. The van der Waals surface area contributed by atoms with Gasteiger partial charge >= 0.3 is 0 Å². The van der Waals surface area contributed by atoms with Crippen LogP contribution in [-0.2, 0) is 13.6 Å². The van der Waals surface area contributed by atoms with E-state index in [2.05, 4.69) is 33.8 Å². The monoisotopic (exact) mass is 446 g/mol. The molecule has 6 nitrogen and oxygen atoms in total. The lowest BCUT2D eigenvalue weighted by molar-refractivity contribution is 0.489. The highest BCUT2D eigenvalue weighted by Crippen LogP contribution is 2.41. The van der Waals surface area contributed by atoms with Gasteiger partial charge in [0.25, 0.3) is 5.56 Å². The topological polar surface area (TPSA) is 64.8 Å². The standard InChI is InChI=1S/C28H22N4O2/c1-31-17-23(21-14-15-29-25(21)28(31)33)22-12-13-24-26(27(22)34-20-10-6-3-7-11-20)30-18-32(24)16-19-8-4-2-5-9-19/h2-15,17-18,29H,16H2,1H3. The molecule has 6 rings (SSSR count). The van der Waals surface area contributed by atoms with Crippen LogP contribution in [0.1, 0.15) is 5.56 Å². The highest BCUT2D eigenvalue weighted by molar-refractivity contribution is 6.00. The van der Waals surface area contributed by atoms with Crippen LogP contribution >= 0.6 is 0 Å². The van der Waals surface area contributed by atoms with E-state index in [1.54, 1.807) is 17.8 Å². The Kier molecular flexibility index (Phi) is 4.77. The summed E-state index contributed by atoms with van der Waals surface area (Å²) in [5.74, 6) is 1.39. The third kappa shape index (κ3) is 3.36. The summed E-state index contributed by atoms with van der Waals surface area (Å²) >= 11 is 0. The lowest BCUT2D eigenvalue weighted by Gasteiger charge is -2.15. The Labute approximate surface area is 195 Å². The molecule has 1 N–H and O–H groups in total. The summed E-state index contributed by atoms with van der Waals surface area (Å²) in [5, 5.41) is 0.851. The van der Waals surface area contributed by atoms with Crippen molar-refractivity contribution in [3.8, 4) is 22.6 Å². The van der Waals surface area contributed by atoms with Gasteiger partial charge in [-0.2, -0.15) is 0 Å². The smallest absolute Gasteiger partial charge is 0.274 e. The van der Waals surface area contributed by atoms with Crippen molar-refractivity contribution in [2.24, 2.45) is 7.05 Å². The molecule has 0 bridgehead atoms. The van der Waals surface area contributed by atoms with Gasteiger partial charge in [-0.25, -0.2) is 4.98 Å². The number of benzene rings is 3. The van der Waals surface area contributed by atoms with Gasteiger partial charge in [0.1, 0.15) is 16.8 Å². The third-order valence-corrected chi connectivity index (χ3v) is 6.09. The van der Waals surface area contributed by atoms with Crippen LogP contribution < -0.4 is 10.3 Å². The molecular formula is C28H22N4O2. The molecule has 0 aliphatic rings. The molecule has 3 aromatic heterocycles. The second-order valence-corrected chi connectivity index (χ2v) is 8.31. The van der Waals surface area contributed by atoms with Crippen molar-refractivity contribution in [1.82, 2.24) is 19.1 Å². The van der Waals surface area contributed by atoms with Crippen LogP contribution in [-0.4, -0.2) is 19.1 Å². The van der Waals surface area contributed by atoms with Crippen LogP contribution in [0.5, 0.6) is 11.5 Å². The molecule has 0 amide bonds. The van der Waals surface area contributed by atoms with Crippen LogP contribution in [0.3, 0.4) is 0 Å². The number of imidazole rings is 1. The van der Waals surface area contributed by atoms with Crippen LogP contribution in [0.25, 0.3) is 33.1 Å². The minimum atomic E-state index is -0.0671. The molecule has 0 saturated carbocycles. The van der Waals surface area contributed by atoms with Crippen molar-refractivity contribution >= 4 is 21.9 Å². The van der Waals surface area contributed by atoms with Gasteiger partial charge in [-0.05, 0) is 35.9 Å². The maximum absolute atomic E-state index is 12.6. The number of aromatic amines is 1. The fraction of sp³-hybridized carbons (Fsp3) is 0.0714. The Morgan fingerprint density at radius 2 is 1.68 bits per heavy atom. The number of aromatic nitrogens is 4. The second-order valence-electron chi connectivity index (χ2n) is 8.31. The lowest BCUT2D eigenvalue weighted by atomic mass is 10.0. The molecule has 0 spiro atoms. The zero-order valence-corrected chi connectivity index (χ0v) is 18.6. The molecule has 34 heavy (non-hydrogen) atoms. The van der Waals surface area contributed by atoms with Gasteiger partial charge in [-0.3, -0.25) is 4.79 Å². The quantitative estimate of drug-likeness (QED) is 0.368. The molecule has 6 heteroatoms. The van der Waals surface area contributed by atoms with Gasteiger partial charge in [-0.1, -0.05) is 48.5 Å². The van der Waals surface area contributed by atoms with Crippen molar-refractivity contribution in [1.29, 1.82) is 0 Å². The molecule has 0 fully saturated rings. The number of hydrogen-bond donors (Lipinski definition) is 1. The maximum Gasteiger partial charge on any atom is 0.274 e. The van der Waals surface area contributed by atoms with Gasteiger partial charge in [0.2, 0.25) is 0 Å². The van der Waals surface area contributed by atoms with Gasteiger partial charge < -0.3 is 18.9 Å². The average Bonchev–Trinajstić information content (AvgIpc) is 3.51. The zero-order chi connectivity index (χ0) is 23.1. The molecule has 6 aromatic rings. The number of fused-ring (bicyclic) bond motifs is 2. The molecule has 3 aromatic carbocycles. The minimum absolute atomic E-state index is 0.0671. The second kappa shape index (κ2) is 8.08. The Hall–Kier alpha value is -4.58. The summed E-state index contributed by atoms with van der Waals surface area (Å²) in [6.07, 6.45) is 5.50. The first-order chi connectivity index (χ1) is 16.7. The van der Waals surface area contributed by atoms with Gasteiger partial charge in [0, 0.05) is 42.5 Å². The van der Waals surface area contributed by atoms with Crippen molar-refractivity contribution in [2.45, 2.75) is 6.54 Å². The fourth-order valence-corrected chi connectivity index (χ4v) is 4.42. The van der Waals surface area contributed by atoms with E-state index in [9.17, 15) is 4.79 Å². The molecular weight excluding hydrogens is 424 g/mol. The highest BCUT2D eigenvalue weighted by Gasteiger charge is 2.19. The Bertz CT molecular complexity index is 1680. The number of hydrogen-bond acceptors (Lipinski definition) is 3. The number of nitrogens with one attached hydrogen (secondary N) is 1. The summed E-state index contributed by atoms with van der Waals surface area (Å²) in [7, 11) is 1.76. The van der Waals surface area contributed by atoms with E-state index in [1.807, 2.05) is 67.1 Å². The first-order valence-corrected chi connectivity index (χ1v) is 11.1. The SMILES string of the molecule is Cn1cc(-c2ccc3c(ncn3Cc3ccccc3)c2Oc2ccccc2)c2cc[nH]c2c1=O. The predicted octanol–water partition coefficient (Wildman–Crippen LogP) is 5.72. The Morgan fingerprint density at radius 3 is 2.47 bits per heavy atom. The molecule has 0 aliphatic heterocycles. The van der Waals surface area contributed by atoms with E-state index in [-0.39, 0.29) is 5.56 Å². The van der Waals surface area contributed by atoms with Gasteiger partial charge in [0.15, 0.2) is 5.75 Å². The summed E-state index contributed by atoms with van der Waals surface area (Å²) in [6.45, 7) is 0.712. The summed E-state index contributed by atoms with van der Waals surface area (Å²) in [6, 6.07) is 26.1. The van der Waals surface area contributed by atoms with E-state index in [0.29, 0.717) is 17.8 Å². The van der Waals surface area contributed by atoms with Gasteiger partial charge in [0.05, 0.1) is 11.8 Å². The van der Waals surface area contributed by atoms with E-state index < -0.39 is 0 Å². The lowest BCUT2D eigenvalue weighted by Crippen LogP contribution is -2.16. The normalized spacial score (nSPS) is 11.3. The summed E-state index contributed by atoms with van der Waals surface area (Å²) < 4.78 is 10.2. The Balaban J connectivity index is 1.58. The van der Waals surface area contributed by atoms with Crippen LogP contribution in [0.15, 0.2) is 102 Å². The zero-order valence-electron chi connectivity index (χ0n) is 18.6. The van der Waals surface area contributed by atoms with Crippen LogP contribution in [0.4, 0.5) is 0 Å². The molecule has 3 heterocycles. The van der Waals surface area contributed by atoms with Crippen LogP contribution in [0.2, 0.25) is 0 Å². The number of ether oxygens (including phenoxy) is 1. The van der Waals surface area contributed by atoms with E-state index >= 15 is 0 Å². The third-order valence-electron chi connectivity index (χ3n) is 6.09. The van der Waals surface area contributed by atoms with Crippen LogP contribution in [0, 0.1) is 0 Å². The predicted molar refractivity (Wildman–Crippen MR) is 134 cm³/mol. The van der Waals surface area contributed by atoms with E-state index in [1.165, 1.54) is 5.56 Å². The number of pyridine rings is 1. The molecule has 166 valence electrons. The number of rotatable bonds is 5. The number of H-pyrrole nitrogens is 1. The number of para-hydroxylation sites is 1. The average molecular weight is 447 g/mol. The van der Waals surface area contributed by atoms with Crippen molar-refractivity contribution in [3.05, 3.63) is 114 Å². The first kappa shape index (κ1) is 20.1. The number of nitrogens with zero attached hydrogens (tertiary/aromatic N) is 3.